The smallest absolute Gasteiger partial charge is 0.318 e. The van der Waals surface area contributed by atoms with Gasteiger partial charge < -0.3 is 9.26 Å². The van der Waals surface area contributed by atoms with Gasteiger partial charge in [-0.25, -0.2) is 8.42 Å². The third kappa shape index (κ3) is 4.98. The number of nitrogens with zero attached hydrogens (tertiary/aromatic N) is 2. The average molecular weight is 290 g/mol. The van der Waals surface area contributed by atoms with E-state index in [4.69, 9.17) is 9.26 Å². The van der Waals surface area contributed by atoms with Gasteiger partial charge in [0.05, 0.1) is 6.61 Å². The molecule has 1 heterocycles. The Bertz CT molecular complexity index is 523. The van der Waals surface area contributed by atoms with Gasteiger partial charge >= 0.3 is 5.97 Å². The van der Waals surface area contributed by atoms with Gasteiger partial charge in [-0.1, -0.05) is 18.5 Å². The fourth-order valence-electron chi connectivity index (χ4n) is 1.58. The number of hydrogen-bond donors (Lipinski definition) is 0. The molecule has 108 valence electrons. The highest BCUT2D eigenvalue weighted by Crippen LogP contribution is 2.21. The molecule has 1 aromatic heterocycles. The topological polar surface area (TPSA) is 99.4 Å². The van der Waals surface area contributed by atoms with Gasteiger partial charge in [0.15, 0.2) is 15.7 Å². The summed E-state index contributed by atoms with van der Waals surface area (Å²) in [6.07, 6.45) is 2.34. The third-order valence-electron chi connectivity index (χ3n) is 2.32. The van der Waals surface area contributed by atoms with Crippen molar-refractivity contribution in [3.05, 3.63) is 11.7 Å². The van der Waals surface area contributed by atoms with Gasteiger partial charge in [-0.05, 0) is 13.3 Å². The summed E-state index contributed by atoms with van der Waals surface area (Å²) in [5.41, 5.74) is 0. The second kappa shape index (κ2) is 6.65. The lowest BCUT2D eigenvalue weighted by Gasteiger charge is -2.09. The maximum Gasteiger partial charge on any atom is 0.318 e. The molecule has 0 radical (unpaired) electrons. The number of sulfone groups is 1. The second-order valence-corrected chi connectivity index (χ2v) is 6.35. The molecule has 1 unspecified atom stereocenters. The van der Waals surface area contributed by atoms with Crippen LogP contribution < -0.4 is 0 Å². The average Bonchev–Trinajstić information content (AvgIpc) is 2.71. The van der Waals surface area contributed by atoms with Crippen LogP contribution in [0.1, 0.15) is 44.3 Å². The molecule has 0 fully saturated rings. The molecule has 0 aliphatic heterocycles. The van der Waals surface area contributed by atoms with E-state index in [2.05, 4.69) is 10.1 Å². The number of carbonyl (C=O) groups excluding carboxylic acids is 1. The fourth-order valence-corrected chi connectivity index (χ4v) is 2.16. The molecule has 1 atom stereocenters. The number of aromatic nitrogens is 2. The van der Waals surface area contributed by atoms with Crippen molar-refractivity contribution < 1.29 is 22.5 Å². The van der Waals surface area contributed by atoms with E-state index in [0.29, 0.717) is 6.42 Å². The van der Waals surface area contributed by atoms with Crippen LogP contribution in [-0.4, -0.2) is 37.4 Å². The molecule has 0 aliphatic rings. The molecule has 0 aromatic carbocycles. The molecule has 7 nitrogen and oxygen atoms in total. The number of esters is 1. The predicted molar refractivity (Wildman–Crippen MR) is 67.1 cm³/mol. The van der Waals surface area contributed by atoms with Crippen molar-refractivity contribution in [3.63, 3.8) is 0 Å². The summed E-state index contributed by atoms with van der Waals surface area (Å²) in [7, 11) is -3.23. The van der Waals surface area contributed by atoms with Crippen molar-refractivity contribution in [2.24, 2.45) is 0 Å². The zero-order valence-electron chi connectivity index (χ0n) is 11.2. The minimum atomic E-state index is -3.23. The maximum absolute atomic E-state index is 11.8. The van der Waals surface area contributed by atoms with Gasteiger partial charge in [-0.15, -0.1) is 0 Å². The minimum Gasteiger partial charge on any atom is -0.465 e. The molecule has 0 saturated carbocycles. The van der Waals surface area contributed by atoms with Crippen molar-refractivity contribution in [3.8, 4) is 0 Å². The Kier molecular flexibility index (Phi) is 5.46. The summed E-state index contributed by atoms with van der Waals surface area (Å²) < 4.78 is 32.2. The first-order valence-corrected chi connectivity index (χ1v) is 8.10. The van der Waals surface area contributed by atoms with Gasteiger partial charge in [0.1, 0.15) is 11.7 Å². The Balaban J connectivity index is 2.88. The summed E-state index contributed by atoms with van der Waals surface area (Å²) in [5.74, 6) is -1.20. The van der Waals surface area contributed by atoms with Crippen molar-refractivity contribution >= 4 is 15.8 Å². The number of carbonyl (C=O) groups is 1. The van der Waals surface area contributed by atoms with E-state index in [9.17, 15) is 13.2 Å². The van der Waals surface area contributed by atoms with E-state index < -0.39 is 21.7 Å². The lowest BCUT2D eigenvalue weighted by atomic mass is 10.0. The van der Waals surface area contributed by atoms with E-state index in [1.54, 1.807) is 6.92 Å². The van der Waals surface area contributed by atoms with Crippen LogP contribution in [0.5, 0.6) is 0 Å². The molecule has 1 aromatic rings. The Morgan fingerprint density at radius 2 is 2.11 bits per heavy atom. The van der Waals surface area contributed by atoms with E-state index >= 15 is 0 Å². The molecule has 8 heteroatoms. The van der Waals surface area contributed by atoms with Gasteiger partial charge in [-0.2, -0.15) is 4.98 Å². The molecule has 1 rings (SSSR count). The number of ether oxygens (including phenoxy) is 1. The van der Waals surface area contributed by atoms with E-state index in [1.165, 1.54) is 0 Å². The third-order valence-corrected chi connectivity index (χ3v) is 3.10. The first kappa shape index (κ1) is 15.6. The van der Waals surface area contributed by atoms with Crippen LogP contribution in [0.15, 0.2) is 4.52 Å². The molecule has 0 aliphatic carbocycles. The fraction of sp³-hybridized carbons (Fsp3) is 0.727. The van der Waals surface area contributed by atoms with Crippen LogP contribution in [0.2, 0.25) is 0 Å². The molecule has 0 N–H and O–H groups in total. The number of rotatable bonds is 7. The van der Waals surface area contributed by atoms with Gasteiger partial charge in [0.2, 0.25) is 5.89 Å². The van der Waals surface area contributed by atoms with Crippen molar-refractivity contribution in [2.45, 2.75) is 38.4 Å². The Morgan fingerprint density at radius 1 is 1.42 bits per heavy atom. The normalized spacial score (nSPS) is 13.2. The summed E-state index contributed by atoms with van der Waals surface area (Å²) in [5, 5.41) is 3.57. The quantitative estimate of drug-likeness (QED) is 0.692. The Labute approximate surface area is 112 Å². The largest absolute Gasteiger partial charge is 0.465 e. The summed E-state index contributed by atoms with van der Waals surface area (Å²) in [6, 6.07) is 0. The molecular formula is C11H18N2O5S. The monoisotopic (exact) mass is 290 g/mol. The molecule has 0 amide bonds. The zero-order chi connectivity index (χ0) is 14.5. The van der Waals surface area contributed by atoms with E-state index in [1.807, 2.05) is 6.92 Å². The lowest BCUT2D eigenvalue weighted by molar-refractivity contribution is -0.145. The van der Waals surface area contributed by atoms with Gasteiger partial charge in [0.25, 0.3) is 0 Å². The van der Waals surface area contributed by atoms with Crippen LogP contribution in [0.3, 0.4) is 0 Å². The standard InChI is InChI=1S/C11H18N2O5S/c1-4-6-8(11(14)17-5-2)10-12-9(13-18-10)7-19(3,15)16/h8H,4-7H2,1-3H3. The van der Waals surface area contributed by atoms with Gasteiger partial charge in [0, 0.05) is 6.26 Å². The first-order chi connectivity index (χ1) is 8.87. The molecule has 0 spiro atoms. The Morgan fingerprint density at radius 3 is 2.63 bits per heavy atom. The Hall–Kier alpha value is -1.44. The summed E-state index contributed by atoms with van der Waals surface area (Å²) in [6.45, 7) is 3.90. The molecular weight excluding hydrogens is 272 g/mol. The van der Waals surface area contributed by atoms with Crippen molar-refractivity contribution in [2.75, 3.05) is 12.9 Å². The van der Waals surface area contributed by atoms with Crippen molar-refractivity contribution in [1.29, 1.82) is 0 Å². The van der Waals surface area contributed by atoms with Crippen LogP contribution in [0.25, 0.3) is 0 Å². The predicted octanol–water partition coefficient (Wildman–Crippen LogP) is 1.06. The maximum atomic E-state index is 11.8. The number of hydrogen-bond acceptors (Lipinski definition) is 7. The highest BCUT2D eigenvalue weighted by Gasteiger charge is 2.27. The lowest BCUT2D eigenvalue weighted by Crippen LogP contribution is -2.16. The van der Waals surface area contributed by atoms with Crippen LogP contribution >= 0.6 is 0 Å². The SMILES string of the molecule is CCCC(C(=O)OCC)c1nc(CS(C)(=O)=O)no1. The van der Waals surface area contributed by atoms with Crippen LogP contribution in [0.4, 0.5) is 0 Å². The highest BCUT2D eigenvalue weighted by molar-refractivity contribution is 7.89. The van der Waals surface area contributed by atoms with Crippen LogP contribution in [0, 0.1) is 0 Å². The molecule has 0 bridgehead atoms. The molecule has 0 saturated heterocycles. The molecule has 19 heavy (non-hydrogen) atoms. The summed E-state index contributed by atoms with van der Waals surface area (Å²) in [4.78, 5) is 15.7. The van der Waals surface area contributed by atoms with E-state index in [0.717, 1.165) is 12.7 Å². The summed E-state index contributed by atoms with van der Waals surface area (Å²) >= 11 is 0. The van der Waals surface area contributed by atoms with Gasteiger partial charge in [-0.3, -0.25) is 4.79 Å². The van der Waals surface area contributed by atoms with Crippen LogP contribution in [-0.2, 0) is 25.1 Å². The first-order valence-electron chi connectivity index (χ1n) is 6.04. The highest BCUT2D eigenvalue weighted by atomic mass is 32.2. The van der Waals surface area contributed by atoms with E-state index in [-0.39, 0.29) is 24.1 Å². The minimum absolute atomic E-state index is 0.0582. The zero-order valence-corrected chi connectivity index (χ0v) is 12.1. The van der Waals surface area contributed by atoms with Crippen molar-refractivity contribution in [1.82, 2.24) is 10.1 Å². The second-order valence-electron chi connectivity index (χ2n) is 4.21.